The van der Waals surface area contributed by atoms with Gasteiger partial charge in [-0.25, -0.2) is 0 Å². The lowest BCUT2D eigenvalue weighted by Gasteiger charge is -2.28. The van der Waals surface area contributed by atoms with Gasteiger partial charge in [-0.15, -0.1) is 0 Å². The Bertz CT molecular complexity index is 290. The third-order valence-corrected chi connectivity index (χ3v) is 12.0. The van der Waals surface area contributed by atoms with Crippen molar-refractivity contribution in [2.24, 2.45) is 0 Å². The fourth-order valence-corrected chi connectivity index (χ4v) is 9.99. The van der Waals surface area contributed by atoms with Crippen LogP contribution < -0.4 is 6.15 Å². The van der Waals surface area contributed by atoms with E-state index in [-0.39, 0.29) is 11.6 Å². The second-order valence-corrected chi connectivity index (χ2v) is 14.4. The average molecular weight is 463 g/mol. The maximum atomic E-state index is 2.39. The van der Waals surface area contributed by atoms with Gasteiger partial charge in [0.15, 0.2) is 0 Å². The van der Waals surface area contributed by atoms with E-state index in [0.717, 1.165) is 0 Å². The highest BCUT2D eigenvalue weighted by atomic mass is 31.2. The van der Waals surface area contributed by atoms with Gasteiger partial charge in [0, 0.05) is 7.26 Å². The quantitative estimate of drug-likeness (QED) is 0.112. The van der Waals surface area contributed by atoms with Gasteiger partial charge < -0.3 is 11.6 Å². The Balaban J connectivity index is -0.00000392. The van der Waals surface area contributed by atoms with E-state index in [2.05, 4.69) is 27.7 Å². The molecule has 0 aliphatic rings. The predicted octanol–water partition coefficient (Wildman–Crippen LogP) is 10.2. The Hall–Kier alpha value is 0.350. The molecule has 0 radical (unpaired) electrons. The summed E-state index contributed by atoms with van der Waals surface area (Å²) < 4.78 is 0. The van der Waals surface area contributed by atoms with Gasteiger partial charge in [-0.05, 0) is 32.1 Å². The number of hydrogen-bond donors (Lipinski definition) is 1. The van der Waals surface area contributed by atoms with Crippen molar-refractivity contribution in [3.8, 4) is 0 Å². The summed E-state index contributed by atoms with van der Waals surface area (Å²) in [5.74, 6) is 0. The number of unbranched alkanes of at least 4 members (excludes halogenated alkanes) is 16. The molecule has 2 nitrogen and oxygen atoms in total. The molecule has 0 aromatic rings. The first-order valence-corrected chi connectivity index (χ1v) is 16.6. The molecule has 0 aromatic carbocycles. The van der Waals surface area contributed by atoms with E-state index in [1.807, 2.05) is 0 Å². The fourth-order valence-electron chi connectivity index (χ4n) is 4.79. The number of hydrogen-bond acceptors (Lipinski definition) is 1. The van der Waals surface area contributed by atoms with Gasteiger partial charge >= 0.3 is 0 Å². The molecule has 5 N–H and O–H groups in total. The van der Waals surface area contributed by atoms with Gasteiger partial charge in [-0.3, -0.25) is 0 Å². The zero-order valence-electron chi connectivity index (χ0n) is 22.6. The highest BCUT2D eigenvalue weighted by molar-refractivity contribution is 7.75. The Morgan fingerprint density at radius 1 is 0.323 bits per heavy atom. The SMILES string of the molecule is CCCCCCCCCCCCCCCC[P+](CCCC)(CCCC)CCCC.N.O. The van der Waals surface area contributed by atoms with E-state index in [4.69, 9.17) is 0 Å². The summed E-state index contributed by atoms with van der Waals surface area (Å²) in [5, 5.41) is 0. The molecule has 0 rings (SSSR count). The minimum absolute atomic E-state index is 0. The lowest BCUT2D eigenvalue weighted by molar-refractivity contribution is 0.538. The largest absolute Gasteiger partial charge is 0.412 e. The molecule has 0 aliphatic heterocycles. The van der Waals surface area contributed by atoms with Crippen molar-refractivity contribution >= 4 is 7.26 Å². The minimum atomic E-state index is -0.630. The second kappa shape index (κ2) is 28.4. The first kappa shape index (κ1) is 35.9. The lowest BCUT2D eigenvalue weighted by Crippen LogP contribution is -2.13. The van der Waals surface area contributed by atoms with E-state index in [0.29, 0.717) is 0 Å². The van der Waals surface area contributed by atoms with Gasteiger partial charge in [0.2, 0.25) is 0 Å². The van der Waals surface area contributed by atoms with E-state index in [1.54, 1.807) is 31.1 Å². The van der Waals surface area contributed by atoms with Crippen LogP contribution in [0.2, 0.25) is 0 Å². The van der Waals surface area contributed by atoms with E-state index in [9.17, 15) is 0 Å². The van der Waals surface area contributed by atoms with Crippen molar-refractivity contribution < 1.29 is 5.48 Å². The van der Waals surface area contributed by atoms with Crippen molar-refractivity contribution in [2.75, 3.05) is 24.6 Å². The molecule has 0 aliphatic carbocycles. The summed E-state index contributed by atoms with van der Waals surface area (Å²) in [6.45, 7) is 9.48. The third-order valence-electron chi connectivity index (χ3n) is 6.94. The second-order valence-electron chi connectivity index (χ2n) is 9.89. The highest BCUT2D eigenvalue weighted by Gasteiger charge is 2.34. The normalized spacial score (nSPS) is 11.2. The van der Waals surface area contributed by atoms with E-state index in [1.165, 1.54) is 122 Å². The smallest absolute Gasteiger partial charge is 0.0594 e. The third kappa shape index (κ3) is 23.3. The summed E-state index contributed by atoms with van der Waals surface area (Å²) >= 11 is 0. The summed E-state index contributed by atoms with van der Waals surface area (Å²) in [7, 11) is -0.630. The molecule has 0 unspecified atom stereocenters. The summed E-state index contributed by atoms with van der Waals surface area (Å²) in [4.78, 5) is 0. The van der Waals surface area contributed by atoms with Crippen LogP contribution in [-0.4, -0.2) is 30.1 Å². The molecule has 0 heterocycles. The zero-order chi connectivity index (χ0) is 21.5. The maximum absolute atomic E-state index is 2.39. The lowest BCUT2D eigenvalue weighted by atomic mass is 10.0. The zero-order valence-corrected chi connectivity index (χ0v) is 23.5. The standard InChI is InChI=1S/C28H60P.H3N.H2O/c1-5-9-13-14-15-16-17-18-19-20-21-22-23-24-28-29(25-10-6-2,26-11-7-3)27-12-8-4;;/h5-28H2,1-4H3;1H3;1H2/q+1;;. The number of rotatable bonds is 24. The van der Waals surface area contributed by atoms with Gasteiger partial charge in [-0.1, -0.05) is 124 Å². The Labute approximate surface area is 199 Å². The van der Waals surface area contributed by atoms with Gasteiger partial charge in [0.1, 0.15) is 0 Å². The van der Waals surface area contributed by atoms with Crippen molar-refractivity contribution in [2.45, 2.75) is 156 Å². The van der Waals surface area contributed by atoms with Crippen LogP contribution in [0.3, 0.4) is 0 Å². The molecular formula is C28H65NOP+. The first-order valence-electron chi connectivity index (χ1n) is 14.1. The molecule has 0 saturated heterocycles. The molecule has 0 saturated carbocycles. The van der Waals surface area contributed by atoms with Gasteiger partial charge in [-0.2, -0.15) is 0 Å². The van der Waals surface area contributed by atoms with E-state index >= 15 is 0 Å². The van der Waals surface area contributed by atoms with Crippen LogP contribution >= 0.6 is 7.26 Å². The van der Waals surface area contributed by atoms with Crippen molar-refractivity contribution in [3.63, 3.8) is 0 Å². The average Bonchev–Trinajstić information content (AvgIpc) is 2.74. The Morgan fingerprint density at radius 2 is 0.548 bits per heavy atom. The molecule has 3 heteroatoms. The Morgan fingerprint density at radius 3 is 0.839 bits per heavy atom. The summed E-state index contributed by atoms with van der Waals surface area (Å²) in [6.07, 6.45) is 36.0. The van der Waals surface area contributed by atoms with Crippen LogP contribution in [0, 0.1) is 0 Å². The molecule has 192 valence electrons. The molecule has 0 amide bonds. The molecular weight excluding hydrogens is 397 g/mol. The topological polar surface area (TPSA) is 66.5 Å². The molecule has 0 fully saturated rings. The van der Waals surface area contributed by atoms with Crippen molar-refractivity contribution in [1.29, 1.82) is 0 Å². The maximum Gasteiger partial charge on any atom is 0.0594 e. The Kier molecular flexibility index (Phi) is 32.9. The van der Waals surface area contributed by atoms with Crippen LogP contribution in [-0.2, 0) is 0 Å². The van der Waals surface area contributed by atoms with Crippen LogP contribution in [0.5, 0.6) is 0 Å². The minimum Gasteiger partial charge on any atom is -0.412 e. The molecule has 0 bridgehead atoms. The van der Waals surface area contributed by atoms with Crippen LogP contribution in [0.25, 0.3) is 0 Å². The first-order chi connectivity index (χ1) is 14.2. The molecule has 0 spiro atoms. The van der Waals surface area contributed by atoms with E-state index < -0.39 is 7.26 Å². The van der Waals surface area contributed by atoms with Gasteiger partial charge in [0.25, 0.3) is 0 Å². The fraction of sp³-hybridized carbons (Fsp3) is 1.00. The molecule has 31 heavy (non-hydrogen) atoms. The van der Waals surface area contributed by atoms with Crippen molar-refractivity contribution in [1.82, 2.24) is 6.15 Å². The van der Waals surface area contributed by atoms with Crippen LogP contribution in [0.1, 0.15) is 156 Å². The summed E-state index contributed by atoms with van der Waals surface area (Å²) in [6, 6.07) is 0. The molecule has 0 aromatic heterocycles. The van der Waals surface area contributed by atoms with Crippen LogP contribution in [0.15, 0.2) is 0 Å². The van der Waals surface area contributed by atoms with Crippen LogP contribution in [0.4, 0.5) is 0 Å². The molecule has 0 atom stereocenters. The monoisotopic (exact) mass is 462 g/mol. The highest BCUT2D eigenvalue weighted by Crippen LogP contribution is 2.61. The summed E-state index contributed by atoms with van der Waals surface area (Å²) in [5.41, 5.74) is 0. The predicted molar refractivity (Wildman–Crippen MR) is 150 cm³/mol. The van der Waals surface area contributed by atoms with Gasteiger partial charge in [0.05, 0.1) is 24.6 Å². The van der Waals surface area contributed by atoms with Crippen molar-refractivity contribution in [3.05, 3.63) is 0 Å².